The molecule has 0 fully saturated rings. The van der Waals surface area contributed by atoms with Gasteiger partial charge in [0.15, 0.2) is 0 Å². The molecule has 0 unspecified atom stereocenters. The average molecular weight is 303 g/mol. The first-order valence-corrected chi connectivity index (χ1v) is 6.76. The zero-order valence-electron chi connectivity index (χ0n) is 11.7. The molecular formula is C16H15ClN2O2. The van der Waals surface area contributed by atoms with Crippen LogP contribution in [0.4, 0.5) is 5.69 Å². The summed E-state index contributed by atoms with van der Waals surface area (Å²) in [6, 6.07) is 12.3. The molecule has 0 spiro atoms. The van der Waals surface area contributed by atoms with Crippen LogP contribution in [0.25, 0.3) is 0 Å². The number of para-hydroxylation sites is 1. The molecule has 0 aliphatic heterocycles. The molecule has 0 saturated carbocycles. The number of halogens is 1. The first-order valence-electron chi connectivity index (χ1n) is 6.38. The third-order valence-electron chi connectivity index (χ3n) is 3.16. The van der Waals surface area contributed by atoms with Crippen molar-refractivity contribution in [2.24, 2.45) is 5.16 Å². The number of carbonyl (C=O) groups is 1. The minimum Gasteiger partial charge on any atom is -0.411 e. The van der Waals surface area contributed by atoms with E-state index in [9.17, 15) is 4.79 Å². The molecule has 2 aromatic rings. The topological polar surface area (TPSA) is 61.7 Å². The quantitative estimate of drug-likeness (QED) is 0.509. The fourth-order valence-corrected chi connectivity index (χ4v) is 2.16. The molecule has 2 aromatic carbocycles. The molecule has 0 radical (unpaired) electrons. The number of aryl methyl sites for hydroxylation is 1. The first-order chi connectivity index (χ1) is 10.0. The molecule has 4 nitrogen and oxygen atoms in total. The van der Waals surface area contributed by atoms with Gasteiger partial charge in [-0.05, 0) is 37.6 Å². The van der Waals surface area contributed by atoms with Gasteiger partial charge in [0, 0.05) is 16.1 Å². The lowest BCUT2D eigenvalue weighted by atomic mass is 10.1. The summed E-state index contributed by atoms with van der Waals surface area (Å²) in [4.78, 5) is 12.4. The van der Waals surface area contributed by atoms with Crippen LogP contribution in [0.2, 0.25) is 5.02 Å². The Kier molecular flexibility index (Phi) is 4.60. The maximum atomic E-state index is 12.4. The van der Waals surface area contributed by atoms with E-state index >= 15 is 0 Å². The number of amides is 1. The number of nitrogens with zero attached hydrogens (tertiary/aromatic N) is 1. The number of hydrogen-bond acceptors (Lipinski definition) is 3. The highest BCUT2D eigenvalue weighted by Crippen LogP contribution is 2.20. The number of carbonyl (C=O) groups excluding carboxylic acids is 1. The summed E-state index contributed by atoms with van der Waals surface area (Å²) >= 11 is 5.94. The van der Waals surface area contributed by atoms with Crippen molar-refractivity contribution in [1.82, 2.24) is 0 Å². The van der Waals surface area contributed by atoms with Gasteiger partial charge in [-0.2, -0.15) is 0 Å². The molecule has 0 bridgehead atoms. The normalized spacial score (nSPS) is 11.3. The van der Waals surface area contributed by atoms with Crippen LogP contribution in [0, 0.1) is 6.92 Å². The summed E-state index contributed by atoms with van der Waals surface area (Å²) in [5.41, 5.74) is 3.01. The largest absolute Gasteiger partial charge is 0.411 e. The van der Waals surface area contributed by atoms with E-state index < -0.39 is 0 Å². The third kappa shape index (κ3) is 3.41. The first kappa shape index (κ1) is 15.1. The van der Waals surface area contributed by atoms with E-state index in [0.29, 0.717) is 27.5 Å². The lowest BCUT2D eigenvalue weighted by Crippen LogP contribution is -2.15. The van der Waals surface area contributed by atoms with Crippen molar-refractivity contribution in [2.75, 3.05) is 5.32 Å². The van der Waals surface area contributed by atoms with Crippen LogP contribution in [-0.4, -0.2) is 16.8 Å². The summed E-state index contributed by atoms with van der Waals surface area (Å²) in [6.45, 7) is 3.51. The maximum Gasteiger partial charge on any atom is 0.255 e. The number of hydrogen-bond donors (Lipinski definition) is 2. The molecule has 2 rings (SSSR count). The van der Waals surface area contributed by atoms with Gasteiger partial charge in [0.05, 0.1) is 11.4 Å². The zero-order valence-corrected chi connectivity index (χ0v) is 12.5. The van der Waals surface area contributed by atoms with Crippen LogP contribution in [0.5, 0.6) is 0 Å². The molecule has 0 saturated heterocycles. The Morgan fingerprint density at radius 1 is 1.19 bits per heavy atom. The summed E-state index contributed by atoms with van der Waals surface area (Å²) in [7, 11) is 0. The Morgan fingerprint density at radius 3 is 2.62 bits per heavy atom. The number of anilines is 1. The third-order valence-corrected chi connectivity index (χ3v) is 3.39. The highest BCUT2D eigenvalue weighted by molar-refractivity contribution is 6.31. The van der Waals surface area contributed by atoms with Crippen LogP contribution in [-0.2, 0) is 0 Å². The minimum atomic E-state index is -0.256. The lowest BCUT2D eigenvalue weighted by Gasteiger charge is -2.11. The standard InChI is InChI=1S/C16H15ClN2O2/c1-10-7-8-12(17)9-14(10)16(20)18-15-6-4-3-5-13(15)11(2)19-21/h3-9,21H,1-2H3,(H,18,20)/b19-11-. The average Bonchev–Trinajstić information content (AvgIpc) is 2.49. The van der Waals surface area contributed by atoms with Gasteiger partial charge in [-0.1, -0.05) is 41.0 Å². The minimum absolute atomic E-state index is 0.256. The predicted octanol–water partition coefficient (Wildman–Crippen LogP) is 4.10. The molecule has 108 valence electrons. The molecule has 0 atom stereocenters. The van der Waals surface area contributed by atoms with Crippen molar-refractivity contribution in [3.05, 3.63) is 64.2 Å². The smallest absolute Gasteiger partial charge is 0.255 e. The molecular weight excluding hydrogens is 288 g/mol. The van der Waals surface area contributed by atoms with Crippen molar-refractivity contribution in [3.8, 4) is 0 Å². The van der Waals surface area contributed by atoms with Crippen LogP contribution in [0.1, 0.15) is 28.4 Å². The number of nitrogens with one attached hydrogen (secondary N) is 1. The maximum absolute atomic E-state index is 12.4. The molecule has 21 heavy (non-hydrogen) atoms. The molecule has 0 aromatic heterocycles. The van der Waals surface area contributed by atoms with Gasteiger partial charge in [-0.3, -0.25) is 4.79 Å². The van der Waals surface area contributed by atoms with Gasteiger partial charge < -0.3 is 10.5 Å². The van der Waals surface area contributed by atoms with Gasteiger partial charge in [0.2, 0.25) is 0 Å². The van der Waals surface area contributed by atoms with Crippen molar-refractivity contribution >= 4 is 28.9 Å². The highest BCUT2D eigenvalue weighted by Gasteiger charge is 2.13. The number of oxime groups is 1. The Morgan fingerprint density at radius 2 is 1.90 bits per heavy atom. The molecule has 0 aliphatic rings. The van der Waals surface area contributed by atoms with Gasteiger partial charge >= 0.3 is 0 Å². The van der Waals surface area contributed by atoms with Crippen LogP contribution in [0.15, 0.2) is 47.6 Å². The van der Waals surface area contributed by atoms with Crippen molar-refractivity contribution in [2.45, 2.75) is 13.8 Å². The van der Waals surface area contributed by atoms with Gasteiger partial charge in [0.1, 0.15) is 0 Å². The van der Waals surface area contributed by atoms with E-state index in [0.717, 1.165) is 5.56 Å². The fraction of sp³-hybridized carbons (Fsp3) is 0.125. The molecule has 1 amide bonds. The van der Waals surface area contributed by atoms with Crippen molar-refractivity contribution in [1.29, 1.82) is 0 Å². The van der Waals surface area contributed by atoms with E-state index in [1.165, 1.54) is 0 Å². The lowest BCUT2D eigenvalue weighted by molar-refractivity contribution is 0.102. The summed E-state index contributed by atoms with van der Waals surface area (Å²) in [5.74, 6) is -0.256. The Balaban J connectivity index is 2.34. The van der Waals surface area contributed by atoms with E-state index in [1.54, 1.807) is 43.3 Å². The Labute approximate surface area is 128 Å². The number of rotatable bonds is 3. The number of benzene rings is 2. The highest BCUT2D eigenvalue weighted by atomic mass is 35.5. The molecule has 0 aliphatic carbocycles. The van der Waals surface area contributed by atoms with Crippen LogP contribution >= 0.6 is 11.6 Å². The second-order valence-electron chi connectivity index (χ2n) is 4.64. The second-order valence-corrected chi connectivity index (χ2v) is 5.08. The summed E-state index contributed by atoms with van der Waals surface area (Å²) < 4.78 is 0. The second kappa shape index (κ2) is 6.41. The summed E-state index contributed by atoms with van der Waals surface area (Å²) in [5, 5.41) is 15.4. The fourth-order valence-electron chi connectivity index (χ4n) is 1.99. The monoisotopic (exact) mass is 302 g/mol. The molecule has 0 heterocycles. The van der Waals surface area contributed by atoms with Gasteiger partial charge in [-0.25, -0.2) is 0 Å². The molecule has 5 heteroatoms. The van der Waals surface area contributed by atoms with E-state index in [1.807, 2.05) is 13.0 Å². The predicted molar refractivity (Wildman–Crippen MR) is 84.6 cm³/mol. The zero-order chi connectivity index (χ0) is 15.4. The van der Waals surface area contributed by atoms with E-state index in [4.69, 9.17) is 16.8 Å². The van der Waals surface area contributed by atoms with Crippen molar-refractivity contribution in [3.63, 3.8) is 0 Å². The van der Waals surface area contributed by atoms with Crippen molar-refractivity contribution < 1.29 is 10.0 Å². The Bertz CT molecular complexity index is 711. The Hall–Kier alpha value is -2.33. The van der Waals surface area contributed by atoms with Crippen LogP contribution in [0.3, 0.4) is 0 Å². The SMILES string of the molecule is C/C(=N/O)c1ccccc1NC(=O)c1cc(Cl)ccc1C. The van der Waals surface area contributed by atoms with E-state index in [2.05, 4.69) is 10.5 Å². The summed E-state index contributed by atoms with van der Waals surface area (Å²) in [6.07, 6.45) is 0. The van der Waals surface area contributed by atoms with Crippen LogP contribution < -0.4 is 5.32 Å². The van der Waals surface area contributed by atoms with E-state index in [-0.39, 0.29) is 5.91 Å². The van der Waals surface area contributed by atoms with Gasteiger partial charge in [-0.15, -0.1) is 0 Å². The van der Waals surface area contributed by atoms with Gasteiger partial charge in [0.25, 0.3) is 5.91 Å². The molecule has 2 N–H and O–H groups in total.